The van der Waals surface area contributed by atoms with Gasteiger partial charge in [0.25, 0.3) is 0 Å². The number of aliphatic hydroxyl groups is 1. The predicted molar refractivity (Wildman–Crippen MR) is 66.7 cm³/mol. The second kappa shape index (κ2) is 3.31. The lowest BCUT2D eigenvalue weighted by atomic mass is 9.99. The fraction of sp³-hybridized carbons (Fsp3) is 0.417. The summed E-state index contributed by atoms with van der Waals surface area (Å²) in [5, 5.41) is 10.6. The highest BCUT2D eigenvalue weighted by Gasteiger charge is 2.40. The molecule has 1 fully saturated rings. The molecule has 2 aliphatic rings. The molecule has 1 unspecified atom stereocenters. The van der Waals surface area contributed by atoms with Crippen LogP contribution in [0.2, 0.25) is 0 Å². The van der Waals surface area contributed by atoms with Gasteiger partial charge in [-0.1, -0.05) is 15.9 Å². The number of rotatable bonds is 0. The second-order valence-electron chi connectivity index (χ2n) is 4.47. The number of amidine groups is 1. The van der Waals surface area contributed by atoms with Crippen molar-refractivity contribution in [3.8, 4) is 0 Å². The van der Waals surface area contributed by atoms with Crippen molar-refractivity contribution >= 4 is 27.5 Å². The molecule has 2 aliphatic heterocycles. The third-order valence-electron chi connectivity index (χ3n) is 3.34. The largest absolute Gasteiger partial charge is 0.367 e. The summed E-state index contributed by atoms with van der Waals surface area (Å²) in [7, 11) is 0. The smallest absolute Gasteiger partial charge is 0.164 e. The predicted octanol–water partition coefficient (Wildman–Crippen LogP) is 2.75. The number of aliphatic imine (C=N–C) groups is 1. The van der Waals surface area contributed by atoms with Gasteiger partial charge in [0, 0.05) is 23.0 Å². The maximum absolute atomic E-state index is 10.6. The molecule has 0 aliphatic carbocycles. The van der Waals surface area contributed by atoms with Crippen molar-refractivity contribution in [2.75, 3.05) is 6.54 Å². The van der Waals surface area contributed by atoms with Crippen LogP contribution in [0.3, 0.4) is 0 Å². The van der Waals surface area contributed by atoms with Gasteiger partial charge in [0.05, 0.1) is 5.69 Å². The monoisotopic (exact) mass is 280 g/mol. The van der Waals surface area contributed by atoms with Gasteiger partial charge in [0.1, 0.15) is 5.84 Å². The Bertz CT molecular complexity index is 482. The van der Waals surface area contributed by atoms with Crippen LogP contribution in [0.1, 0.15) is 25.3 Å². The van der Waals surface area contributed by atoms with Crippen molar-refractivity contribution in [2.45, 2.75) is 25.5 Å². The molecule has 0 aromatic heterocycles. The highest BCUT2D eigenvalue weighted by atomic mass is 79.9. The maximum atomic E-state index is 10.6. The van der Waals surface area contributed by atoms with Gasteiger partial charge in [0.15, 0.2) is 5.72 Å². The first-order valence-electron chi connectivity index (χ1n) is 5.46. The standard InChI is InChI=1S/C12H13BrN2O/c1-12(16)9-7-8(13)4-5-10(9)14-11-3-2-6-15(11)12/h4-5,7,16H,2-3,6H2,1H3. The van der Waals surface area contributed by atoms with Crippen molar-refractivity contribution in [1.29, 1.82) is 0 Å². The minimum atomic E-state index is -0.924. The lowest BCUT2D eigenvalue weighted by Crippen LogP contribution is -2.46. The van der Waals surface area contributed by atoms with Gasteiger partial charge >= 0.3 is 0 Å². The van der Waals surface area contributed by atoms with E-state index in [1.54, 1.807) is 0 Å². The Hall–Kier alpha value is -0.870. The quantitative estimate of drug-likeness (QED) is 0.793. The number of hydrogen-bond acceptors (Lipinski definition) is 3. The van der Waals surface area contributed by atoms with E-state index in [0.29, 0.717) is 0 Å². The molecule has 2 heterocycles. The van der Waals surface area contributed by atoms with E-state index in [1.165, 1.54) is 0 Å². The highest BCUT2D eigenvalue weighted by Crippen LogP contribution is 2.41. The number of halogens is 1. The highest BCUT2D eigenvalue weighted by molar-refractivity contribution is 9.10. The fourth-order valence-electron chi connectivity index (χ4n) is 2.51. The lowest BCUT2D eigenvalue weighted by molar-refractivity contribution is -0.0558. The summed E-state index contributed by atoms with van der Waals surface area (Å²) in [6, 6.07) is 5.87. The normalized spacial score (nSPS) is 27.4. The number of fused-ring (bicyclic) bond motifs is 2. The van der Waals surface area contributed by atoms with Crippen molar-refractivity contribution in [3.05, 3.63) is 28.2 Å². The Morgan fingerprint density at radius 1 is 1.50 bits per heavy atom. The minimum Gasteiger partial charge on any atom is -0.367 e. The number of benzene rings is 1. The van der Waals surface area contributed by atoms with E-state index < -0.39 is 5.72 Å². The first-order chi connectivity index (χ1) is 7.59. The Morgan fingerprint density at radius 3 is 3.12 bits per heavy atom. The Labute approximate surface area is 103 Å². The molecule has 0 saturated carbocycles. The van der Waals surface area contributed by atoms with Crippen LogP contribution >= 0.6 is 15.9 Å². The molecule has 1 saturated heterocycles. The van der Waals surface area contributed by atoms with Gasteiger partial charge in [0.2, 0.25) is 0 Å². The molecule has 4 heteroatoms. The summed E-state index contributed by atoms with van der Waals surface area (Å²) in [5.41, 5.74) is 0.848. The van der Waals surface area contributed by atoms with E-state index in [1.807, 2.05) is 30.0 Å². The molecule has 3 nitrogen and oxygen atoms in total. The average Bonchev–Trinajstić information content (AvgIpc) is 2.68. The average molecular weight is 281 g/mol. The van der Waals surface area contributed by atoms with E-state index in [9.17, 15) is 5.11 Å². The lowest BCUT2D eigenvalue weighted by Gasteiger charge is -2.39. The van der Waals surface area contributed by atoms with Crippen molar-refractivity contribution < 1.29 is 5.11 Å². The van der Waals surface area contributed by atoms with Crippen LogP contribution in [-0.4, -0.2) is 22.4 Å². The summed E-state index contributed by atoms with van der Waals surface area (Å²) >= 11 is 3.44. The molecule has 0 amide bonds. The molecular formula is C12H13BrN2O. The molecule has 84 valence electrons. The molecule has 1 atom stereocenters. The van der Waals surface area contributed by atoms with Crippen LogP contribution in [0.4, 0.5) is 5.69 Å². The zero-order chi connectivity index (χ0) is 11.3. The van der Waals surface area contributed by atoms with E-state index >= 15 is 0 Å². The third-order valence-corrected chi connectivity index (χ3v) is 3.83. The van der Waals surface area contributed by atoms with E-state index in [-0.39, 0.29) is 0 Å². The zero-order valence-corrected chi connectivity index (χ0v) is 10.7. The summed E-state index contributed by atoms with van der Waals surface area (Å²) in [4.78, 5) is 6.61. The number of nitrogens with zero attached hydrogens (tertiary/aromatic N) is 2. The van der Waals surface area contributed by atoms with Crippen LogP contribution in [0.25, 0.3) is 0 Å². The summed E-state index contributed by atoms with van der Waals surface area (Å²) in [6.07, 6.45) is 2.04. The molecule has 1 N–H and O–H groups in total. The van der Waals surface area contributed by atoms with Gasteiger partial charge in [-0.05, 0) is 31.5 Å². The van der Waals surface area contributed by atoms with E-state index in [2.05, 4.69) is 20.9 Å². The van der Waals surface area contributed by atoms with E-state index in [0.717, 1.165) is 40.9 Å². The van der Waals surface area contributed by atoms with Crippen LogP contribution in [0, 0.1) is 0 Å². The molecule has 1 aromatic carbocycles. The van der Waals surface area contributed by atoms with Crippen LogP contribution in [0.15, 0.2) is 27.7 Å². The molecule has 16 heavy (non-hydrogen) atoms. The van der Waals surface area contributed by atoms with Crippen molar-refractivity contribution in [2.24, 2.45) is 4.99 Å². The number of hydrogen-bond donors (Lipinski definition) is 1. The third kappa shape index (κ3) is 1.33. The Kier molecular flexibility index (Phi) is 2.13. The van der Waals surface area contributed by atoms with Gasteiger partial charge in [-0.2, -0.15) is 0 Å². The van der Waals surface area contributed by atoms with E-state index in [4.69, 9.17) is 0 Å². The summed E-state index contributed by atoms with van der Waals surface area (Å²) in [6.45, 7) is 2.73. The first kappa shape index (κ1) is 10.3. The maximum Gasteiger partial charge on any atom is 0.164 e. The summed E-state index contributed by atoms with van der Waals surface area (Å²) in [5.74, 6) is 1.01. The van der Waals surface area contributed by atoms with Crippen molar-refractivity contribution in [3.63, 3.8) is 0 Å². The van der Waals surface area contributed by atoms with Gasteiger partial charge in [-0.15, -0.1) is 0 Å². The van der Waals surface area contributed by atoms with Gasteiger partial charge in [-0.25, -0.2) is 4.99 Å². The minimum absolute atomic E-state index is 0.882. The van der Waals surface area contributed by atoms with Gasteiger partial charge in [-0.3, -0.25) is 0 Å². The molecular weight excluding hydrogens is 268 g/mol. The molecule has 0 radical (unpaired) electrons. The Balaban J connectivity index is 2.22. The SMILES string of the molecule is CC1(O)c2cc(Br)ccc2N=C2CCCN21. The van der Waals surface area contributed by atoms with Gasteiger partial charge < -0.3 is 10.0 Å². The topological polar surface area (TPSA) is 35.8 Å². The molecule has 1 aromatic rings. The second-order valence-corrected chi connectivity index (χ2v) is 5.38. The molecule has 0 bridgehead atoms. The van der Waals surface area contributed by atoms with Crippen LogP contribution in [0.5, 0.6) is 0 Å². The van der Waals surface area contributed by atoms with Crippen LogP contribution < -0.4 is 0 Å². The fourth-order valence-corrected chi connectivity index (χ4v) is 2.88. The molecule has 0 spiro atoms. The molecule has 3 rings (SSSR count). The Morgan fingerprint density at radius 2 is 2.31 bits per heavy atom. The summed E-state index contributed by atoms with van der Waals surface area (Å²) < 4.78 is 0.976. The van der Waals surface area contributed by atoms with Crippen LogP contribution in [-0.2, 0) is 5.72 Å². The van der Waals surface area contributed by atoms with Crippen molar-refractivity contribution in [1.82, 2.24) is 4.90 Å². The first-order valence-corrected chi connectivity index (χ1v) is 6.26. The zero-order valence-electron chi connectivity index (χ0n) is 9.07.